The van der Waals surface area contributed by atoms with Crippen molar-refractivity contribution in [3.8, 4) is 0 Å². The van der Waals surface area contributed by atoms with Gasteiger partial charge in [0, 0.05) is 57.6 Å². The topological polar surface area (TPSA) is 52.6 Å². The monoisotopic (exact) mass is 349 g/mol. The molecule has 0 radical (unpaired) electrons. The third kappa shape index (κ3) is 3.14. The van der Waals surface area contributed by atoms with E-state index in [0.717, 1.165) is 37.8 Å². The van der Waals surface area contributed by atoms with Gasteiger partial charge in [-0.1, -0.05) is 36.9 Å². The number of piperazine rings is 1. The van der Waals surface area contributed by atoms with Gasteiger partial charge in [0.05, 0.1) is 0 Å². The number of anilines is 2. The highest BCUT2D eigenvalue weighted by Gasteiger charge is 2.32. The fourth-order valence-corrected chi connectivity index (χ4v) is 3.62. The highest BCUT2D eigenvalue weighted by atomic mass is 16.2. The zero-order valence-electron chi connectivity index (χ0n) is 14.8. The number of benzene rings is 1. The standard InChI is InChI=1S/C20H23N5O/c1-2-18(26)23-10-12-24(13-11-23)19-20(22-9-8-21-19)25-14-17(15-25)16-6-4-3-5-7-16/h2-9,17H,1,10-15H2. The molecule has 26 heavy (non-hydrogen) atoms. The first kappa shape index (κ1) is 16.6. The number of aromatic nitrogens is 2. The molecule has 0 spiro atoms. The second-order valence-corrected chi connectivity index (χ2v) is 6.73. The van der Waals surface area contributed by atoms with Crippen molar-refractivity contribution in [2.75, 3.05) is 49.1 Å². The summed E-state index contributed by atoms with van der Waals surface area (Å²) in [5.74, 6) is 2.42. The average Bonchev–Trinajstić information content (AvgIpc) is 2.68. The molecule has 0 aliphatic carbocycles. The third-order valence-corrected chi connectivity index (χ3v) is 5.18. The Morgan fingerprint density at radius 2 is 1.58 bits per heavy atom. The molecular formula is C20H23N5O. The van der Waals surface area contributed by atoms with Crippen molar-refractivity contribution in [3.63, 3.8) is 0 Å². The maximum Gasteiger partial charge on any atom is 0.246 e. The van der Waals surface area contributed by atoms with Crippen molar-refractivity contribution in [1.82, 2.24) is 14.9 Å². The molecule has 0 unspecified atom stereocenters. The van der Waals surface area contributed by atoms with Crippen molar-refractivity contribution in [2.24, 2.45) is 0 Å². The second kappa shape index (κ2) is 7.15. The van der Waals surface area contributed by atoms with Crippen molar-refractivity contribution in [1.29, 1.82) is 0 Å². The predicted molar refractivity (Wildman–Crippen MR) is 102 cm³/mol. The molecule has 1 aromatic carbocycles. The number of carbonyl (C=O) groups is 1. The first-order chi connectivity index (χ1) is 12.8. The molecule has 1 amide bonds. The van der Waals surface area contributed by atoms with Crippen LogP contribution in [-0.2, 0) is 4.79 Å². The second-order valence-electron chi connectivity index (χ2n) is 6.73. The van der Waals surface area contributed by atoms with Crippen LogP contribution in [0.5, 0.6) is 0 Å². The number of nitrogens with zero attached hydrogens (tertiary/aromatic N) is 5. The van der Waals surface area contributed by atoms with Gasteiger partial charge in [0.15, 0.2) is 11.6 Å². The van der Waals surface area contributed by atoms with Crippen LogP contribution < -0.4 is 9.80 Å². The Morgan fingerprint density at radius 3 is 2.19 bits per heavy atom. The number of rotatable bonds is 4. The summed E-state index contributed by atoms with van der Waals surface area (Å²) in [5.41, 5.74) is 1.38. The molecule has 2 aromatic rings. The van der Waals surface area contributed by atoms with Crippen LogP contribution in [0, 0.1) is 0 Å². The van der Waals surface area contributed by atoms with Gasteiger partial charge in [-0.05, 0) is 11.6 Å². The Labute approximate surface area is 153 Å². The van der Waals surface area contributed by atoms with Crippen molar-refractivity contribution in [3.05, 3.63) is 60.9 Å². The van der Waals surface area contributed by atoms with E-state index in [2.05, 4.69) is 56.7 Å². The van der Waals surface area contributed by atoms with Gasteiger partial charge >= 0.3 is 0 Å². The normalized spacial score (nSPS) is 17.8. The van der Waals surface area contributed by atoms with Crippen LogP contribution in [0.15, 0.2) is 55.4 Å². The Bertz CT molecular complexity index is 780. The molecular weight excluding hydrogens is 326 g/mol. The summed E-state index contributed by atoms with van der Waals surface area (Å²) in [5, 5.41) is 0. The van der Waals surface area contributed by atoms with Gasteiger partial charge < -0.3 is 14.7 Å². The Hall–Kier alpha value is -2.89. The zero-order valence-corrected chi connectivity index (χ0v) is 14.8. The van der Waals surface area contributed by atoms with E-state index in [1.807, 2.05) is 4.90 Å². The maximum absolute atomic E-state index is 11.8. The minimum absolute atomic E-state index is 0.00235. The van der Waals surface area contributed by atoms with Gasteiger partial charge in [0.2, 0.25) is 5.91 Å². The van der Waals surface area contributed by atoms with Crippen LogP contribution in [0.1, 0.15) is 11.5 Å². The van der Waals surface area contributed by atoms with E-state index in [1.54, 1.807) is 12.4 Å². The first-order valence-electron chi connectivity index (χ1n) is 9.03. The molecule has 2 aliphatic rings. The molecule has 6 nitrogen and oxygen atoms in total. The van der Waals surface area contributed by atoms with E-state index in [1.165, 1.54) is 11.6 Å². The van der Waals surface area contributed by atoms with Gasteiger partial charge in [-0.2, -0.15) is 0 Å². The largest absolute Gasteiger partial charge is 0.352 e. The van der Waals surface area contributed by atoms with Crippen molar-refractivity contribution < 1.29 is 4.79 Å². The fraction of sp³-hybridized carbons (Fsp3) is 0.350. The van der Waals surface area contributed by atoms with Crippen LogP contribution in [0.3, 0.4) is 0 Å². The summed E-state index contributed by atoms with van der Waals surface area (Å²) >= 11 is 0. The lowest BCUT2D eigenvalue weighted by Gasteiger charge is -2.43. The van der Waals surface area contributed by atoms with Crippen molar-refractivity contribution >= 4 is 17.5 Å². The number of carbonyl (C=O) groups excluding carboxylic acids is 1. The van der Waals surface area contributed by atoms with E-state index in [0.29, 0.717) is 19.0 Å². The van der Waals surface area contributed by atoms with Crippen molar-refractivity contribution in [2.45, 2.75) is 5.92 Å². The van der Waals surface area contributed by atoms with Crippen LogP contribution >= 0.6 is 0 Å². The summed E-state index contributed by atoms with van der Waals surface area (Å²) in [6.07, 6.45) is 4.88. The highest BCUT2D eigenvalue weighted by molar-refractivity contribution is 5.87. The van der Waals surface area contributed by atoms with Gasteiger partial charge in [-0.25, -0.2) is 9.97 Å². The zero-order chi connectivity index (χ0) is 17.9. The van der Waals surface area contributed by atoms with E-state index < -0.39 is 0 Å². The van der Waals surface area contributed by atoms with E-state index in [4.69, 9.17) is 0 Å². The minimum atomic E-state index is -0.00235. The van der Waals surface area contributed by atoms with Gasteiger partial charge in [-0.15, -0.1) is 0 Å². The van der Waals surface area contributed by atoms with Gasteiger partial charge in [0.25, 0.3) is 0 Å². The first-order valence-corrected chi connectivity index (χ1v) is 9.03. The molecule has 0 atom stereocenters. The molecule has 1 aromatic heterocycles. The summed E-state index contributed by atoms with van der Waals surface area (Å²) in [4.78, 5) is 27.3. The van der Waals surface area contributed by atoms with E-state index >= 15 is 0 Å². The molecule has 2 aliphatic heterocycles. The van der Waals surface area contributed by atoms with E-state index in [-0.39, 0.29) is 5.91 Å². The Balaban J connectivity index is 1.44. The summed E-state index contributed by atoms with van der Waals surface area (Å²) in [6, 6.07) is 10.6. The Morgan fingerprint density at radius 1 is 0.962 bits per heavy atom. The quantitative estimate of drug-likeness (QED) is 0.790. The molecule has 2 saturated heterocycles. The van der Waals surface area contributed by atoms with Gasteiger partial charge in [0.1, 0.15) is 0 Å². The molecule has 0 N–H and O–H groups in total. The van der Waals surface area contributed by atoms with Crippen LogP contribution in [0.25, 0.3) is 0 Å². The molecule has 134 valence electrons. The van der Waals surface area contributed by atoms with Crippen LogP contribution in [0.2, 0.25) is 0 Å². The SMILES string of the molecule is C=CC(=O)N1CCN(c2nccnc2N2CC(c3ccccc3)C2)CC1. The molecule has 0 bridgehead atoms. The number of amides is 1. The highest BCUT2D eigenvalue weighted by Crippen LogP contribution is 2.34. The average molecular weight is 349 g/mol. The predicted octanol–water partition coefficient (Wildman–Crippen LogP) is 1.91. The minimum Gasteiger partial charge on any atom is -0.352 e. The molecule has 3 heterocycles. The molecule has 4 rings (SSSR count). The third-order valence-electron chi connectivity index (χ3n) is 5.18. The molecule has 0 saturated carbocycles. The fourth-order valence-electron chi connectivity index (χ4n) is 3.62. The lowest BCUT2D eigenvalue weighted by atomic mass is 9.91. The number of hydrogen-bond acceptors (Lipinski definition) is 5. The summed E-state index contributed by atoms with van der Waals surface area (Å²) < 4.78 is 0. The van der Waals surface area contributed by atoms with E-state index in [9.17, 15) is 4.79 Å². The van der Waals surface area contributed by atoms with Gasteiger partial charge in [-0.3, -0.25) is 4.79 Å². The summed E-state index contributed by atoms with van der Waals surface area (Å²) in [7, 11) is 0. The Kier molecular flexibility index (Phi) is 4.56. The smallest absolute Gasteiger partial charge is 0.246 e. The lowest BCUT2D eigenvalue weighted by Crippen LogP contribution is -2.50. The maximum atomic E-state index is 11.8. The van der Waals surface area contributed by atoms with Crippen LogP contribution in [-0.4, -0.2) is 60.0 Å². The number of hydrogen-bond donors (Lipinski definition) is 0. The summed E-state index contributed by atoms with van der Waals surface area (Å²) in [6.45, 7) is 8.40. The molecule has 6 heteroatoms. The lowest BCUT2D eigenvalue weighted by molar-refractivity contribution is -0.126. The van der Waals surface area contributed by atoms with Crippen LogP contribution in [0.4, 0.5) is 11.6 Å². The molecule has 2 fully saturated rings.